The minimum atomic E-state index is -0.318. The maximum Gasteiger partial charge on any atom is 0.274 e. The van der Waals surface area contributed by atoms with Crippen LogP contribution >= 0.6 is 23.2 Å². The normalized spacial score (nSPS) is 10.3. The highest BCUT2D eigenvalue weighted by molar-refractivity contribution is 6.42. The first kappa shape index (κ1) is 17.3. The molecule has 0 aliphatic heterocycles. The van der Waals surface area contributed by atoms with E-state index in [9.17, 15) is 4.79 Å². The van der Waals surface area contributed by atoms with Crippen molar-refractivity contribution in [2.75, 3.05) is 10.6 Å². The summed E-state index contributed by atoms with van der Waals surface area (Å²) < 4.78 is 0. The molecule has 0 radical (unpaired) electrons. The minimum absolute atomic E-state index is 0.309. The van der Waals surface area contributed by atoms with Gasteiger partial charge >= 0.3 is 0 Å². The van der Waals surface area contributed by atoms with Gasteiger partial charge in [0.15, 0.2) is 0 Å². The molecule has 6 heteroatoms. The van der Waals surface area contributed by atoms with E-state index in [-0.39, 0.29) is 5.91 Å². The topological polar surface area (TPSA) is 54.0 Å². The van der Waals surface area contributed by atoms with E-state index in [1.165, 1.54) is 0 Å². The second kappa shape index (κ2) is 8.01. The van der Waals surface area contributed by atoms with E-state index in [2.05, 4.69) is 15.6 Å². The third-order valence-electron chi connectivity index (χ3n) is 3.51. The van der Waals surface area contributed by atoms with Crippen LogP contribution in [-0.4, -0.2) is 10.9 Å². The Morgan fingerprint density at radius 3 is 2.48 bits per heavy atom. The second-order valence-electron chi connectivity index (χ2n) is 5.35. The lowest BCUT2D eigenvalue weighted by molar-refractivity contribution is 0.102. The summed E-state index contributed by atoms with van der Waals surface area (Å²) in [6, 6.07) is 18.4. The number of carbonyl (C=O) groups is 1. The molecule has 1 aromatic heterocycles. The standard InChI is InChI=1S/C19H15Cl2N3O/c20-16-7-6-15(10-17(16)21)24-19(25)18-11-14(8-9-22-18)23-12-13-4-2-1-3-5-13/h1-11H,12H2,(H,22,23)(H,24,25). The van der Waals surface area contributed by atoms with E-state index in [4.69, 9.17) is 23.2 Å². The van der Waals surface area contributed by atoms with Crippen LogP contribution in [0.1, 0.15) is 16.1 Å². The van der Waals surface area contributed by atoms with E-state index in [1.54, 1.807) is 30.5 Å². The lowest BCUT2D eigenvalue weighted by Gasteiger charge is -2.09. The number of aromatic nitrogens is 1. The first-order valence-corrected chi connectivity index (χ1v) is 8.38. The molecule has 0 saturated carbocycles. The van der Waals surface area contributed by atoms with Crippen molar-refractivity contribution in [3.63, 3.8) is 0 Å². The first-order valence-electron chi connectivity index (χ1n) is 7.62. The summed E-state index contributed by atoms with van der Waals surface area (Å²) in [5, 5.41) is 6.85. The summed E-state index contributed by atoms with van der Waals surface area (Å²) in [5.74, 6) is -0.318. The maximum atomic E-state index is 12.4. The molecule has 0 fully saturated rings. The largest absolute Gasteiger partial charge is 0.381 e. The molecular weight excluding hydrogens is 357 g/mol. The fraction of sp³-hybridized carbons (Fsp3) is 0.0526. The highest BCUT2D eigenvalue weighted by atomic mass is 35.5. The number of benzene rings is 2. The van der Waals surface area contributed by atoms with Gasteiger partial charge in [-0.2, -0.15) is 0 Å². The Hall–Kier alpha value is -2.56. The molecular formula is C19H15Cl2N3O. The molecule has 0 saturated heterocycles. The molecule has 0 bridgehead atoms. The molecule has 1 amide bonds. The van der Waals surface area contributed by atoms with Crippen LogP contribution < -0.4 is 10.6 Å². The Kier molecular flexibility index (Phi) is 5.53. The zero-order chi connectivity index (χ0) is 17.6. The van der Waals surface area contributed by atoms with Crippen LogP contribution in [0.3, 0.4) is 0 Å². The van der Waals surface area contributed by atoms with Gasteiger partial charge in [0, 0.05) is 24.1 Å². The van der Waals surface area contributed by atoms with Crippen molar-refractivity contribution in [1.82, 2.24) is 4.98 Å². The summed E-state index contributed by atoms with van der Waals surface area (Å²) in [4.78, 5) is 16.5. The number of nitrogens with zero attached hydrogens (tertiary/aromatic N) is 1. The fourth-order valence-corrected chi connectivity index (χ4v) is 2.53. The Balaban J connectivity index is 1.67. The summed E-state index contributed by atoms with van der Waals surface area (Å²) in [6.07, 6.45) is 1.59. The average molecular weight is 372 g/mol. The lowest BCUT2D eigenvalue weighted by atomic mass is 10.2. The average Bonchev–Trinajstić information content (AvgIpc) is 2.64. The van der Waals surface area contributed by atoms with Gasteiger partial charge in [-0.3, -0.25) is 9.78 Å². The van der Waals surface area contributed by atoms with Crippen molar-refractivity contribution < 1.29 is 4.79 Å². The Morgan fingerprint density at radius 2 is 1.72 bits per heavy atom. The van der Waals surface area contributed by atoms with Gasteiger partial charge in [-0.05, 0) is 35.9 Å². The quantitative estimate of drug-likeness (QED) is 0.643. The van der Waals surface area contributed by atoms with Crippen molar-refractivity contribution in [3.05, 3.63) is 88.2 Å². The Bertz CT molecular complexity index is 885. The molecule has 0 aliphatic carbocycles. The predicted octanol–water partition coefficient (Wildman–Crippen LogP) is 5.25. The SMILES string of the molecule is O=C(Nc1ccc(Cl)c(Cl)c1)c1cc(NCc2ccccc2)ccn1. The van der Waals surface area contributed by atoms with Gasteiger partial charge in [-0.15, -0.1) is 0 Å². The van der Waals surface area contributed by atoms with Crippen LogP contribution in [0, 0.1) is 0 Å². The van der Waals surface area contributed by atoms with Crippen molar-refractivity contribution in [1.29, 1.82) is 0 Å². The summed E-state index contributed by atoms with van der Waals surface area (Å²) in [7, 11) is 0. The monoisotopic (exact) mass is 371 g/mol. The molecule has 0 atom stereocenters. The summed E-state index contributed by atoms with van der Waals surface area (Å²) in [6.45, 7) is 0.665. The van der Waals surface area contributed by atoms with Gasteiger partial charge in [0.25, 0.3) is 5.91 Å². The maximum absolute atomic E-state index is 12.4. The van der Waals surface area contributed by atoms with Crippen LogP contribution in [0.5, 0.6) is 0 Å². The number of hydrogen-bond donors (Lipinski definition) is 2. The number of hydrogen-bond acceptors (Lipinski definition) is 3. The molecule has 25 heavy (non-hydrogen) atoms. The summed E-state index contributed by atoms with van der Waals surface area (Å²) in [5.41, 5.74) is 2.84. The molecule has 2 aromatic carbocycles. The highest BCUT2D eigenvalue weighted by Crippen LogP contribution is 2.25. The highest BCUT2D eigenvalue weighted by Gasteiger charge is 2.09. The van der Waals surface area contributed by atoms with Crippen LogP contribution in [0.2, 0.25) is 10.0 Å². The van der Waals surface area contributed by atoms with E-state index in [1.807, 2.05) is 36.4 Å². The molecule has 1 heterocycles. The van der Waals surface area contributed by atoms with Crippen molar-refractivity contribution >= 4 is 40.5 Å². The fourth-order valence-electron chi connectivity index (χ4n) is 2.23. The van der Waals surface area contributed by atoms with Gasteiger partial charge < -0.3 is 10.6 Å². The summed E-state index contributed by atoms with van der Waals surface area (Å²) >= 11 is 11.8. The zero-order valence-electron chi connectivity index (χ0n) is 13.2. The number of anilines is 2. The molecule has 2 N–H and O–H groups in total. The van der Waals surface area contributed by atoms with Crippen LogP contribution in [0.4, 0.5) is 11.4 Å². The number of amides is 1. The Labute approximate surface area is 155 Å². The van der Waals surface area contributed by atoms with Gasteiger partial charge in [-0.25, -0.2) is 0 Å². The number of carbonyl (C=O) groups excluding carboxylic acids is 1. The Morgan fingerprint density at radius 1 is 0.920 bits per heavy atom. The molecule has 4 nitrogen and oxygen atoms in total. The third-order valence-corrected chi connectivity index (χ3v) is 4.25. The smallest absolute Gasteiger partial charge is 0.274 e. The van der Waals surface area contributed by atoms with Crippen molar-refractivity contribution in [3.8, 4) is 0 Å². The molecule has 0 aliphatic rings. The van der Waals surface area contributed by atoms with E-state index >= 15 is 0 Å². The van der Waals surface area contributed by atoms with Crippen LogP contribution in [0.25, 0.3) is 0 Å². The lowest BCUT2D eigenvalue weighted by Crippen LogP contribution is -2.14. The molecule has 0 spiro atoms. The zero-order valence-corrected chi connectivity index (χ0v) is 14.7. The minimum Gasteiger partial charge on any atom is -0.381 e. The van der Waals surface area contributed by atoms with Crippen molar-refractivity contribution in [2.24, 2.45) is 0 Å². The van der Waals surface area contributed by atoms with Crippen LogP contribution in [-0.2, 0) is 6.54 Å². The molecule has 3 rings (SSSR count). The van der Waals surface area contributed by atoms with Gasteiger partial charge in [0.05, 0.1) is 10.0 Å². The van der Waals surface area contributed by atoms with E-state index < -0.39 is 0 Å². The number of rotatable bonds is 5. The number of pyridine rings is 1. The van der Waals surface area contributed by atoms with Crippen molar-refractivity contribution in [2.45, 2.75) is 6.54 Å². The molecule has 126 valence electrons. The predicted molar refractivity (Wildman–Crippen MR) is 102 cm³/mol. The van der Waals surface area contributed by atoms with Gasteiger partial charge in [0.2, 0.25) is 0 Å². The van der Waals surface area contributed by atoms with Gasteiger partial charge in [-0.1, -0.05) is 53.5 Å². The molecule has 3 aromatic rings. The number of halogens is 2. The van der Waals surface area contributed by atoms with E-state index in [0.29, 0.717) is 28.0 Å². The van der Waals surface area contributed by atoms with Gasteiger partial charge in [0.1, 0.15) is 5.69 Å². The third kappa shape index (κ3) is 4.72. The second-order valence-corrected chi connectivity index (χ2v) is 6.17. The van der Waals surface area contributed by atoms with Crippen LogP contribution in [0.15, 0.2) is 66.9 Å². The molecule has 0 unspecified atom stereocenters. The van der Waals surface area contributed by atoms with E-state index in [0.717, 1.165) is 11.3 Å². The first-order chi connectivity index (χ1) is 12.1. The number of nitrogens with one attached hydrogen (secondary N) is 2.